The highest BCUT2D eigenvalue weighted by molar-refractivity contribution is 7.24. The van der Waals surface area contributed by atoms with Gasteiger partial charge >= 0.3 is 5.97 Å². The second-order valence-corrected chi connectivity index (χ2v) is 7.24. The van der Waals surface area contributed by atoms with E-state index in [1.165, 1.54) is 11.3 Å². The average Bonchev–Trinajstić information content (AvgIpc) is 3.03. The maximum Gasteiger partial charge on any atom is 0.326 e. The topological polar surface area (TPSA) is 79.3 Å². The fraction of sp³-hybridized carbons (Fsp3) is 0.308. The molecule has 0 bridgehead atoms. The Bertz CT molecular complexity index is 733. The van der Waals surface area contributed by atoms with Gasteiger partial charge in [-0.3, -0.25) is 4.79 Å². The van der Waals surface area contributed by atoms with E-state index in [-0.39, 0.29) is 4.88 Å². The van der Waals surface area contributed by atoms with E-state index in [4.69, 9.17) is 16.7 Å². The first-order chi connectivity index (χ1) is 10.8. The van der Waals surface area contributed by atoms with Gasteiger partial charge in [-0.1, -0.05) is 11.6 Å². The van der Waals surface area contributed by atoms with Crippen molar-refractivity contribution in [2.45, 2.75) is 25.8 Å². The number of amides is 1. The van der Waals surface area contributed by atoms with Crippen molar-refractivity contribution in [3.63, 3.8) is 0 Å². The van der Waals surface area contributed by atoms with Crippen LogP contribution >= 0.6 is 34.3 Å². The number of thiophene rings is 1. The van der Waals surface area contributed by atoms with Crippen LogP contribution in [0.3, 0.4) is 0 Å². The molecule has 1 unspecified atom stereocenters. The SMILES string of the molecule is Cc1nc(-c2ccc(Cl)s2)sc1C(=O)NC(CC(F)F)C(=O)O. The molecular weight excluding hydrogens is 370 g/mol. The van der Waals surface area contributed by atoms with Crippen molar-refractivity contribution in [3.8, 4) is 9.88 Å². The molecule has 5 nitrogen and oxygen atoms in total. The molecule has 2 heterocycles. The summed E-state index contributed by atoms with van der Waals surface area (Å²) in [4.78, 5) is 28.3. The number of rotatable bonds is 6. The predicted octanol–water partition coefficient (Wildman–Crippen LogP) is 3.67. The number of carboxylic acid groups (broad SMARTS) is 1. The Kier molecular flexibility index (Phi) is 5.66. The summed E-state index contributed by atoms with van der Waals surface area (Å²) in [5.41, 5.74) is 0.396. The number of hydrogen-bond donors (Lipinski definition) is 2. The zero-order valence-electron chi connectivity index (χ0n) is 11.7. The van der Waals surface area contributed by atoms with Gasteiger partial charge in [0.15, 0.2) is 0 Å². The van der Waals surface area contributed by atoms with Gasteiger partial charge in [-0.25, -0.2) is 18.6 Å². The van der Waals surface area contributed by atoms with Crippen LogP contribution in [0.15, 0.2) is 12.1 Å². The number of carbonyl (C=O) groups excluding carboxylic acids is 1. The van der Waals surface area contributed by atoms with Gasteiger partial charge < -0.3 is 10.4 Å². The number of nitrogens with one attached hydrogen (secondary N) is 1. The van der Waals surface area contributed by atoms with Crippen LogP contribution in [0.5, 0.6) is 0 Å². The smallest absolute Gasteiger partial charge is 0.326 e. The predicted molar refractivity (Wildman–Crippen MR) is 84.7 cm³/mol. The molecule has 0 saturated heterocycles. The van der Waals surface area contributed by atoms with Gasteiger partial charge in [-0.05, 0) is 19.1 Å². The van der Waals surface area contributed by atoms with Gasteiger partial charge in [-0.2, -0.15) is 0 Å². The molecule has 1 atom stereocenters. The van der Waals surface area contributed by atoms with E-state index in [1.54, 1.807) is 19.1 Å². The first-order valence-electron chi connectivity index (χ1n) is 6.33. The summed E-state index contributed by atoms with van der Waals surface area (Å²) >= 11 is 8.20. The summed E-state index contributed by atoms with van der Waals surface area (Å²) in [5, 5.41) is 11.6. The Hall–Kier alpha value is -1.58. The largest absolute Gasteiger partial charge is 0.480 e. The van der Waals surface area contributed by atoms with Crippen molar-refractivity contribution in [3.05, 3.63) is 27.0 Å². The Labute approximate surface area is 142 Å². The highest BCUT2D eigenvalue weighted by Crippen LogP contribution is 2.34. The van der Waals surface area contributed by atoms with E-state index in [9.17, 15) is 18.4 Å². The molecule has 10 heteroatoms. The summed E-state index contributed by atoms with van der Waals surface area (Å²) in [5.74, 6) is -2.24. The number of carboxylic acids is 1. The lowest BCUT2D eigenvalue weighted by Crippen LogP contribution is -2.41. The number of alkyl halides is 2. The lowest BCUT2D eigenvalue weighted by molar-refractivity contribution is -0.140. The lowest BCUT2D eigenvalue weighted by Gasteiger charge is -2.13. The maximum atomic E-state index is 12.4. The van der Waals surface area contributed by atoms with Gasteiger partial charge in [0, 0.05) is 6.42 Å². The van der Waals surface area contributed by atoms with Crippen molar-refractivity contribution in [1.29, 1.82) is 0 Å². The Morgan fingerprint density at radius 2 is 2.09 bits per heavy atom. The Morgan fingerprint density at radius 3 is 2.61 bits per heavy atom. The Balaban J connectivity index is 2.19. The van der Waals surface area contributed by atoms with Crippen molar-refractivity contribution in [2.24, 2.45) is 0 Å². The molecular formula is C13H11ClF2N2O3S2. The molecule has 0 aliphatic heterocycles. The number of nitrogens with zero attached hydrogens (tertiary/aromatic N) is 1. The van der Waals surface area contributed by atoms with Crippen LogP contribution in [0.25, 0.3) is 9.88 Å². The van der Waals surface area contributed by atoms with Crippen molar-refractivity contribution in [2.75, 3.05) is 0 Å². The first kappa shape index (κ1) is 17.8. The molecule has 0 aliphatic carbocycles. The number of aliphatic carboxylic acids is 1. The quantitative estimate of drug-likeness (QED) is 0.801. The van der Waals surface area contributed by atoms with Gasteiger partial charge in [-0.15, -0.1) is 22.7 Å². The molecule has 2 rings (SSSR count). The molecule has 0 radical (unpaired) electrons. The number of hydrogen-bond acceptors (Lipinski definition) is 5. The third kappa shape index (κ3) is 4.46. The minimum Gasteiger partial charge on any atom is -0.480 e. The first-order valence-corrected chi connectivity index (χ1v) is 8.34. The third-order valence-corrected chi connectivity index (χ3v) is 5.36. The standard InChI is InChI=1S/C13H11ClF2N2O3S2/c1-5-10(11(19)18-6(13(20)21)4-9(15)16)23-12(17-5)7-2-3-8(14)22-7/h2-3,6,9H,4H2,1H3,(H,18,19)(H,20,21). The van der Waals surface area contributed by atoms with Crippen LogP contribution in [0.2, 0.25) is 4.34 Å². The summed E-state index contributed by atoms with van der Waals surface area (Å²) in [6, 6.07) is 1.80. The summed E-state index contributed by atoms with van der Waals surface area (Å²) in [7, 11) is 0. The zero-order chi connectivity index (χ0) is 17.1. The molecule has 1 amide bonds. The molecule has 0 aliphatic rings. The van der Waals surface area contributed by atoms with E-state index >= 15 is 0 Å². The lowest BCUT2D eigenvalue weighted by atomic mass is 10.2. The van der Waals surface area contributed by atoms with Gasteiger partial charge in [0.1, 0.15) is 15.9 Å². The zero-order valence-corrected chi connectivity index (χ0v) is 14.1. The summed E-state index contributed by atoms with van der Waals surface area (Å²) in [6.07, 6.45) is -3.78. The van der Waals surface area contributed by atoms with Crippen LogP contribution in [0.1, 0.15) is 21.8 Å². The normalized spacial score (nSPS) is 12.4. The second kappa shape index (κ2) is 7.33. The van der Waals surface area contributed by atoms with Crippen molar-refractivity contribution < 1.29 is 23.5 Å². The van der Waals surface area contributed by atoms with Gasteiger partial charge in [0.05, 0.1) is 14.9 Å². The summed E-state index contributed by atoms with van der Waals surface area (Å²) < 4.78 is 25.3. The molecule has 0 spiro atoms. The van der Waals surface area contributed by atoms with Crippen molar-refractivity contribution in [1.82, 2.24) is 10.3 Å². The number of halogens is 3. The minimum atomic E-state index is -2.83. The number of aromatic nitrogens is 1. The van der Waals surface area contributed by atoms with Crippen LogP contribution in [0.4, 0.5) is 8.78 Å². The molecule has 0 saturated carbocycles. The molecule has 0 fully saturated rings. The highest BCUT2D eigenvalue weighted by Gasteiger charge is 2.26. The molecule has 2 N–H and O–H groups in total. The van der Waals surface area contributed by atoms with Crippen LogP contribution in [0, 0.1) is 6.92 Å². The fourth-order valence-electron chi connectivity index (χ4n) is 1.77. The molecule has 23 heavy (non-hydrogen) atoms. The summed E-state index contributed by atoms with van der Waals surface area (Å²) in [6.45, 7) is 1.59. The molecule has 2 aromatic rings. The molecule has 0 aromatic carbocycles. The van der Waals surface area contributed by atoms with Crippen LogP contribution in [-0.2, 0) is 4.79 Å². The number of aryl methyl sites for hydroxylation is 1. The monoisotopic (exact) mass is 380 g/mol. The third-order valence-electron chi connectivity index (χ3n) is 2.80. The van der Waals surface area contributed by atoms with E-state index in [0.717, 1.165) is 16.2 Å². The van der Waals surface area contributed by atoms with E-state index < -0.39 is 30.8 Å². The van der Waals surface area contributed by atoms with Gasteiger partial charge in [0.25, 0.3) is 5.91 Å². The maximum absolute atomic E-state index is 12.4. The average molecular weight is 381 g/mol. The van der Waals surface area contributed by atoms with E-state index in [0.29, 0.717) is 15.0 Å². The second-order valence-electron chi connectivity index (χ2n) is 4.53. The molecule has 2 aromatic heterocycles. The number of carbonyl (C=O) groups is 2. The highest BCUT2D eigenvalue weighted by atomic mass is 35.5. The van der Waals surface area contributed by atoms with Crippen LogP contribution in [-0.4, -0.2) is 34.4 Å². The minimum absolute atomic E-state index is 0.185. The van der Waals surface area contributed by atoms with Crippen LogP contribution < -0.4 is 5.32 Å². The Morgan fingerprint density at radius 1 is 1.39 bits per heavy atom. The van der Waals surface area contributed by atoms with Crippen molar-refractivity contribution >= 4 is 46.2 Å². The molecule has 124 valence electrons. The number of thiazole rings is 1. The van der Waals surface area contributed by atoms with Gasteiger partial charge in [0.2, 0.25) is 6.43 Å². The van der Waals surface area contributed by atoms with E-state index in [1.807, 2.05) is 0 Å². The fourth-order valence-corrected chi connectivity index (χ4v) is 3.83. The van der Waals surface area contributed by atoms with E-state index in [2.05, 4.69) is 10.3 Å².